The molecular weight excluding hydrogens is 416 g/mol. The van der Waals surface area contributed by atoms with Crippen molar-refractivity contribution in [3.63, 3.8) is 0 Å². The van der Waals surface area contributed by atoms with Gasteiger partial charge in [0.25, 0.3) is 0 Å². The van der Waals surface area contributed by atoms with Crippen LogP contribution in [-0.4, -0.2) is 29.5 Å². The molecule has 1 aromatic heterocycles. The number of carboxylic acids is 1. The van der Waals surface area contributed by atoms with Crippen LogP contribution in [0.4, 0.5) is 11.6 Å². The molecule has 0 radical (unpaired) electrons. The van der Waals surface area contributed by atoms with Crippen molar-refractivity contribution in [2.45, 2.75) is 38.1 Å². The highest BCUT2D eigenvalue weighted by Gasteiger charge is 2.22. The van der Waals surface area contributed by atoms with Crippen LogP contribution in [0.25, 0.3) is 11.0 Å². The van der Waals surface area contributed by atoms with Crippen LogP contribution in [0.3, 0.4) is 0 Å². The van der Waals surface area contributed by atoms with E-state index < -0.39 is 5.97 Å². The third kappa shape index (κ3) is 4.39. The van der Waals surface area contributed by atoms with Crippen molar-refractivity contribution in [2.75, 3.05) is 23.3 Å². The van der Waals surface area contributed by atoms with Gasteiger partial charge in [-0.2, -0.15) is 0 Å². The van der Waals surface area contributed by atoms with E-state index in [1.165, 1.54) is 0 Å². The molecule has 1 atom stereocenters. The van der Waals surface area contributed by atoms with Crippen LogP contribution in [0.15, 0.2) is 51.7 Å². The molecule has 3 aromatic rings. The lowest BCUT2D eigenvalue weighted by Crippen LogP contribution is -2.34. The maximum Gasteiger partial charge on any atom is 0.337 e. The number of benzene rings is 2. The summed E-state index contributed by atoms with van der Waals surface area (Å²) in [6, 6.07) is 11.8. The molecule has 2 N–H and O–H groups in total. The molecule has 0 amide bonds. The van der Waals surface area contributed by atoms with Gasteiger partial charge in [0, 0.05) is 35.8 Å². The fourth-order valence-electron chi connectivity index (χ4n) is 4.07. The SMILES string of the molecule is Cc1cc([C@@H](C)Nc2ccccc2C(=O)O)c2oc(N3CCC(Cl)CC3)cc(=O)c2c1. The maximum absolute atomic E-state index is 12.9. The van der Waals surface area contributed by atoms with Crippen molar-refractivity contribution in [3.05, 3.63) is 69.4 Å². The van der Waals surface area contributed by atoms with E-state index in [0.717, 1.165) is 37.1 Å². The number of carbonyl (C=O) groups is 1. The number of rotatable bonds is 5. The summed E-state index contributed by atoms with van der Waals surface area (Å²) < 4.78 is 6.27. The van der Waals surface area contributed by atoms with E-state index in [0.29, 0.717) is 22.5 Å². The quantitative estimate of drug-likeness (QED) is 0.532. The van der Waals surface area contributed by atoms with Gasteiger partial charge in [0.2, 0.25) is 0 Å². The molecule has 0 spiro atoms. The number of aromatic carboxylic acids is 1. The molecule has 0 bridgehead atoms. The van der Waals surface area contributed by atoms with Gasteiger partial charge in [0.05, 0.1) is 17.0 Å². The number of carboxylic acid groups (broad SMARTS) is 1. The summed E-state index contributed by atoms with van der Waals surface area (Å²) in [4.78, 5) is 26.6. The Morgan fingerprint density at radius 2 is 1.94 bits per heavy atom. The Labute approximate surface area is 185 Å². The number of nitrogens with zero attached hydrogens (tertiary/aromatic N) is 1. The normalized spacial score (nSPS) is 15.8. The molecule has 1 fully saturated rings. The topological polar surface area (TPSA) is 82.8 Å². The lowest BCUT2D eigenvalue weighted by Gasteiger charge is -2.30. The number of alkyl halides is 1. The van der Waals surface area contributed by atoms with Gasteiger partial charge in [-0.1, -0.05) is 18.2 Å². The first-order valence-electron chi connectivity index (χ1n) is 10.4. The van der Waals surface area contributed by atoms with Crippen molar-refractivity contribution in [1.82, 2.24) is 0 Å². The van der Waals surface area contributed by atoms with Crippen LogP contribution >= 0.6 is 11.6 Å². The summed E-state index contributed by atoms with van der Waals surface area (Å²) in [5.41, 5.74) is 2.88. The Bertz CT molecular complexity index is 1180. The van der Waals surface area contributed by atoms with Gasteiger partial charge < -0.3 is 19.7 Å². The second kappa shape index (κ2) is 8.63. The molecule has 0 aliphatic carbocycles. The predicted molar refractivity (Wildman–Crippen MR) is 124 cm³/mol. The van der Waals surface area contributed by atoms with Gasteiger partial charge >= 0.3 is 5.97 Å². The van der Waals surface area contributed by atoms with Crippen molar-refractivity contribution >= 4 is 40.1 Å². The number of aryl methyl sites for hydroxylation is 1. The highest BCUT2D eigenvalue weighted by atomic mass is 35.5. The number of hydrogen-bond acceptors (Lipinski definition) is 5. The third-order valence-electron chi connectivity index (χ3n) is 5.72. The summed E-state index contributed by atoms with van der Waals surface area (Å²) >= 11 is 6.22. The lowest BCUT2D eigenvalue weighted by molar-refractivity contribution is 0.0698. The number of anilines is 2. The number of fused-ring (bicyclic) bond motifs is 1. The number of halogens is 1. The standard InChI is InChI=1S/C24H25ClN2O4/c1-14-11-18(15(2)26-20-6-4-3-5-17(20)24(29)30)23-19(12-14)21(28)13-22(31-23)27-9-7-16(25)8-10-27/h3-6,11-13,15-16,26H,7-10H2,1-2H3,(H,29,30)/t15-/m1/s1. The Morgan fingerprint density at radius 3 is 2.65 bits per heavy atom. The second-order valence-electron chi connectivity index (χ2n) is 8.06. The first-order valence-corrected chi connectivity index (χ1v) is 10.8. The fraction of sp³-hybridized carbons (Fsp3) is 0.333. The van der Waals surface area contributed by atoms with E-state index in [-0.39, 0.29) is 22.4 Å². The second-order valence-corrected chi connectivity index (χ2v) is 8.68. The first-order chi connectivity index (χ1) is 14.8. The molecule has 7 heteroatoms. The molecule has 162 valence electrons. The molecule has 0 unspecified atom stereocenters. The molecule has 2 aromatic carbocycles. The number of nitrogens with one attached hydrogen (secondary N) is 1. The van der Waals surface area contributed by atoms with Crippen LogP contribution in [0.5, 0.6) is 0 Å². The number of para-hydroxylation sites is 1. The van der Waals surface area contributed by atoms with Crippen LogP contribution in [0, 0.1) is 6.92 Å². The molecule has 31 heavy (non-hydrogen) atoms. The third-order valence-corrected chi connectivity index (χ3v) is 6.16. The highest BCUT2D eigenvalue weighted by molar-refractivity contribution is 6.20. The smallest absolute Gasteiger partial charge is 0.337 e. The number of piperidine rings is 1. The monoisotopic (exact) mass is 440 g/mol. The molecule has 6 nitrogen and oxygen atoms in total. The van der Waals surface area contributed by atoms with Crippen molar-refractivity contribution in [3.8, 4) is 0 Å². The van der Waals surface area contributed by atoms with Crippen LogP contribution in [0.2, 0.25) is 0 Å². The van der Waals surface area contributed by atoms with Gasteiger partial charge in [0.1, 0.15) is 5.58 Å². The Hall–Kier alpha value is -2.99. The van der Waals surface area contributed by atoms with Crippen LogP contribution < -0.4 is 15.6 Å². The maximum atomic E-state index is 12.9. The van der Waals surface area contributed by atoms with Gasteiger partial charge in [-0.15, -0.1) is 11.6 Å². The van der Waals surface area contributed by atoms with Gasteiger partial charge in [0.15, 0.2) is 11.3 Å². The van der Waals surface area contributed by atoms with E-state index in [4.69, 9.17) is 16.0 Å². The Balaban J connectivity index is 1.76. The van der Waals surface area contributed by atoms with E-state index >= 15 is 0 Å². The molecule has 1 aliphatic rings. The zero-order valence-electron chi connectivity index (χ0n) is 17.5. The van der Waals surface area contributed by atoms with Gasteiger partial charge in [-0.3, -0.25) is 4.79 Å². The van der Waals surface area contributed by atoms with Gasteiger partial charge in [-0.25, -0.2) is 4.79 Å². The van der Waals surface area contributed by atoms with E-state index in [1.54, 1.807) is 30.3 Å². The largest absolute Gasteiger partial charge is 0.478 e. The van der Waals surface area contributed by atoms with E-state index in [2.05, 4.69) is 10.2 Å². The minimum absolute atomic E-state index is 0.0904. The zero-order chi connectivity index (χ0) is 22.1. The average Bonchev–Trinajstić information content (AvgIpc) is 2.74. The van der Waals surface area contributed by atoms with E-state index in [1.807, 2.05) is 26.0 Å². The average molecular weight is 441 g/mol. The summed E-state index contributed by atoms with van der Waals surface area (Å²) in [6.45, 7) is 5.34. The lowest BCUT2D eigenvalue weighted by atomic mass is 10.0. The number of hydrogen-bond donors (Lipinski definition) is 2. The summed E-state index contributed by atoms with van der Waals surface area (Å²) in [7, 11) is 0. The van der Waals surface area contributed by atoms with Crippen LogP contribution in [0.1, 0.15) is 47.3 Å². The summed E-state index contributed by atoms with van der Waals surface area (Å²) in [5.74, 6) is -0.454. The summed E-state index contributed by atoms with van der Waals surface area (Å²) in [5, 5.41) is 13.4. The van der Waals surface area contributed by atoms with Crippen molar-refractivity contribution < 1.29 is 14.3 Å². The molecule has 2 heterocycles. The van der Waals surface area contributed by atoms with Crippen LogP contribution in [-0.2, 0) is 0 Å². The zero-order valence-corrected chi connectivity index (χ0v) is 18.3. The van der Waals surface area contributed by atoms with E-state index in [9.17, 15) is 14.7 Å². The molecule has 1 saturated heterocycles. The Morgan fingerprint density at radius 1 is 1.23 bits per heavy atom. The molecular formula is C24H25ClN2O4. The minimum atomic E-state index is -0.999. The Kier molecular flexibility index (Phi) is 5.92. The van der Waals surface area contributed by atoms with Crippen molar-refractivity contribution in [2.24, 2.45) is 0 Å². The first kappa shape index (κ1) is 21.2. The molecule has 0 saturated carbocycles. The van der Waals surface area contributed by atoms with Gasteiger partial charge in [-0.05, 0) is 50.5 Å². The fourth-order valence-corrected chi connectivity index (χ4v) is 4.27. The summed E-state index contributed by atoms with van der Waals surface area (Å²) in [6.07, 6.45) is 1.68. The minimum Gasteiger partial charge on any atom is -0.478 e. The molecule has 1 aliphatic heterocycles. The van der Waals surface area contributed by atoms with Crippen molar-refractivity contribution in [1.29, 1.82) is 0 Å². The highest BCUT2D eigenvalue weighted by Crippen LogP contribution is 2.31. The molecule has 4 rings (SSSR count). The predicted octanol–water partition coefficient (Wildman–Crippen LogP) is 5.18.